The summed E-state index contributed by atoms with van der Waals surface area (Å²) in [6.07, 6.45) is 2.95. The van der Waals surface area contributed by atoms with E-state index in [0.29, 0.717) is 12.8 Å². The highest BCUT2D eigenvalue weighted by Crippen LogP contribution is 2.30. The van der Waals surface area contributed by atoms with Crippen molar-refractivity contribution in [1.82, 2.24) is 0 Å². The van der Waals surface area contributed by atoms with Gasteiger partial charge in [0.25, 0.3) is 0 Å². The fraction of sp³-hybridized carbons (Fsp3) is 0.375. The summed E-state index contributed by atoms with van der Waals surface area (Å²) in [5.41, 5.74) is 1.68. The van der Waals surface area contributed by atoms with Gasteiger partial charge in [0.2, 0.25) is 0 Å². The van der Waals surface area contributed by atoms with Crippen molar-refractivity contribution in [3.63, 3.8) is 0 Å². The Bertz CT molecular complexity index is 760. The zero-order valence-corrected chi connectivity index (χ0v) is 16.4. The van der Waals surface area contributed by atoms with Gasteiger partial charge in [-0.2, -0.15) is 0 Å². The van der Waals surface area contributed by atoms with E-state index < -0.39 is 17.9 Å². The van der Waals surface area contributed by atoms with E-state index in [2.05, 4.69) is 0 Å². The first-order valence-electron chi connectivity index (χ1n) is 10.1. The van der Waals surface area contributed by atoms with Crippen LogP contribution in [0.25, 0.3) is 0 Å². The highest BCUT2D eigenvalue weighted by molar-refractivity contribution is 5.96. The summed E-state index contributed by atoms with van der Waals surface area (Å²) in [5, 5.41) is 0. The predicted molar refractivity (Wildman–Crippen MR) is 108 cm³/mol. The van der Waals surface area contributed by atoms with E-state index >= 15 is 0 Å². The molecule has 1 unspecified atom stereocenters. The molecule has 1 aliphatic rings. The van der Waals surface area contributed by atoms with Crippen molar-refractivity contribution in [2.24, 2.45) is 11.8 Å². The first-order chi connectivity index (χ1) is 14.1. The van der Waals surface area contributed by atoms with Gasteiger partial charge in [-0.15, -0.1) is 0 Å². The van der Waals surface area contributed by atoms with Crippen LogP contribution in [0.2, 0.25) is 0 Å². The molecule has 5 nitrogen and oxygen atoms in total. The first-order valence-corrected chi connectivity index (χ1v) is 10.1. The fourth-order valence-electron chi connectivity index (χ4n) is 3.63. The molecule has 0 spiro atoms. The molecule has 152 valence electrons. The lowest BCUT2D eigenvalue weighted by Crippen LogP contribution is -2.35. The first kappa shape index (κ1) is 20.8. The highest BCUT2D eigenvalue weighted by Gasteiger charge is 2.39. The Balaban J connectivity index is 1.70. The van der Waals surface area contributed by atoms with Crippen molar-refractivity contribution in [2.75, 3.05) is 0 Å². The third-order valence-electron chi connectivity index (χ3n) is 5.20. The molecule has 0 aromatic heterocycles. The van der Waals surface area contributed by atoms with E-state index in [1.54, 1.807) is 0 Å². The Morgan fingerprint density at radius 2 is 1.34 bits per heavy atom. The molecule has 3 rings (SSSR count). The molecule has 0 radical (unpaired) electrons. The molecule has 2 aromatic rings. The van der Waals surface area contributed by atoms with Gasteiger partial charge in [-0.3, -0.25) is 14.4 Å². The second-order valence-electron chi connectivity index (χ2n) is 7.41. The van der Waals surface area contributed by atoms with Crippen LogP contribution in [0.3, 0.4) is 0 Å². The largest absolute Gasteiger partial charge is 0.460 e. The number of ketones is 1. The molecular formula is C24H26O5. The van der Waals surface area contributed by atoms with Gasteiger partial charge in [0.15, 0.2) is 5.92 Å². The number of esters is 2. The number of ether oxygens (including phenoxy) is 2. The van der Waals surface area contributed by atoms with Gasteiger partial charge in [0.05, 0.1) is 0 Å². The molecule has 1 atom stereocenters. The van der Waals surface area contributed by atoms with Crippen molar-refractivity contribution in [2.45, 2.75) is 45.3 Å². The Morgan fingerprint density at radius 3 is 1.86 bits per heavy atom. The Labute approximate surface area is 171 Å². The topological polar surface area (TPSA) is 69.7 Å². The van der Waals surface area contributed by atoms with Gasteiger partial charge in [0, 0.05) is 12.8 Å². The molecule has 5 heteroatoms. The normalized spacial score (nSPS) is 16.9. The SMILES string of the molecule is O=C1CCCCC(C(C(=O)OCc2ccccc2)C(=O)OCc2ccccc2)C1. The van der Waals surface area contributed by atoms with Gasteiger partial charge in [0.1, 0.15) is 19.0 Å². The lowest BCUT2D eigenvalue weighted by molar-refractivity contribution is -0.166. The lowest BCUT2D eigenvalue weighted by Gasteiger charge is -2.23. The van der Waals surface area contributed by atoms with Crippen LogP contribution in [0.4, 0.5) is 0 Å². The van der Waals surface area contributed by atoms with Crippen LogP contribution in [0.15, 0.2) is 60.7 Å². The summed E-state index contributed by atoms with van der Waals surface area (Å²) in [5.74, 6) is -2.61. The summed E-state index contributed by atoms with van der Waals surface area (Å²) in [6.45, 7) is 0.172. The minimum Gasteiger partial charge on any atom is -0.460 e. The number of rotatable bonds is 7. The van der Waals surface area contributed by atoms with Crippen LogP contribution in [-0.4, -0.2) is 17.7 Å². The van der Waals surface area contributed by atoms with Crippen LogP contribution in [0, 0.1) is 11.8 Å². The predicted octanol–water partition coefficient (Wildman–Crippen LogP) is 4.24. The molecule has 0 heterocycles. The number of hydrogen-bond donors (Lipinski definition) is 0. The van der Waals surface area contributed by atoms with Crippen molar-refractivity contribution >= 4 is 17.7 Å². The van der Waals surface area contributed by atoms with Crippen LogP contribution in [-0.2, 0) is 37.1 Å². The molecule has 0 N–H and O–H groups in total. The van der Waals surface area contributed by atoms with E-state index in [9.17, 15) is 14.4 Å². The molecule has 0 bridgehead atoms. The molecule has 1 aliphatic carbocycles. The Hall–Kier alpha value is -2.95. The van der Waals surface area contributed by atoms with Gasteiger partial charge in [-0.1, -0.05) is 67.1 Å². The van der Waals surface area contributed by atoms with Crippen molar-refractivity contribution in [1.29, 1.82) is 0 Å². The minimum absolute atomic E-state index is 0.0861. The summed E-state index contributed by atoms with van der Waals surface area (Å²) in [4.78, 5) is 37.8. The van der Waals surface area contributed by atoms with Crippen LogP contribution in [0.1, 0.15) is 43.2 Å². The average Bonchev–Trinajstić information content (AvgIpc) is 2.96. The summed E-state index contributed by atoms with van der Waals surface area (Å²) >= 11 is 0. The van der Waals surface area contributed by atoms with E-state index in [1.165, 1.54) is 0 Å². The van der Waals surface area contributed by atoms with Crippen LogP contribution < -0.4 is 0 Å². The monoisotopic (exact) mass is 394 g/mol. The fourth-order valence-corrected chi connectivity index (χ4v) is 3.63. The molecule has 1 saturated carbocycles. The van der Waals surface area contributed by atoms with Crippen LogP contribution in [0.5, 0.6) is 0 Å². The number of Topliss-reactive ketones (excluding diaryl/α,β-unsaturated/α-hetero) is 1. The molecule has 0 aliphatic heterocycles. The Kier molecular flexibility index (Phi) is 7.56. The van der Waals surface area contributed by atoms with Gasteiger partial charge < -0.3 is 9.47 Å². The number of carbonyl (C=O) groups excluding carboxylic acids is 3. The number of carbonyl (C=O) groups is 3. The van der Waals surface area contributed by atoms with E-state index in [1.807, 2.05) is 60.7 Å². The number of hydrogen-bond acceptors (Lipinski definition) is 5. The average molecular weight is 394 g/mol. The van der Waals surface area contributed by atoms with E-state index in [0.717, 1.165) is 24.0 Å². The molecule has 2 aromatic carbocycles. The lowest BCUT2D eigenvalue weighted by atomic mass is 9.85. The van der Waals surface area contributed by atoms with Gasteiger partial charge in [-0.25, -0.2) is 0 Å². The van der Waals surface area contributed by atoms with Crippen molar-refractivity contribution in [3.8, 4) is 0 Å². The maximum atomic E-state index is 12.9. The van der Waals surface area contributed by atoms with Crippen molar-refractivity contribution in [3.05, 3.63) is 71.8 Å². The third kappa shape index (κ3) is 6.28. The standard InChI is InChI=1S/C24H26O5/c25-21-14-8-7-13-20(15-21)22(23(26)28-16-18-9-3-1-4-10-18)24(27)29-17-19-11-5-2-6-12-19/h1-6,9-12,20,22H,7-8,13-17H2. The van der Waals surface area contributed by atoms with Gasteiger partial charge >= 0.3 is 11.9 Å². The smallest absolute Gasteiger partial charge is 0.320 e. The zero-order valence-electron chi connectivity index (χ0n) is 16.4. The minimum atomic E-state index is -1.08. The molecule has 0 saturated heterocycles. The second-order valence-corrected chi connectivity index (χ2v) is 7.41. The third-order valence-corrected chi connectivity index (χ3v) is 5.20. The molecule has 0 amide bonds. The molecular weight excluding hydrogens is 368 g/mol. The quantitative estimate of drug-likeness (QED) is 0.399. The molecule has 1 fully saturated rings. The van der Waals surface area contributed by atoms with E-state index in [-0.39, 0.29) is 31.3 Å². The maximum absolute atomic E-state index is 12.9. The number of benzene rings is 2. The highest BCUT2D eigenvalue weighted by atomic mass is 16.6. The second kappa shape index (κ2) is 10.6. The molecule has 29 heavy (non-hydrogen) atoms. The Morgan fingerprint density at radius 1 is 0.828 bits per heavy atom. The summed E-state index contributed by atoms with van der Waals surface area (Å²) in [7, 11) is 0. The van der Waals surface area contributed by atoms with Crippen LogP contribution >= 0.6 is 0 Å². The zero-order chi connectivity index (χ0) is 20.5. The maximum Gasteiger partial charge on any atom is 0.320 e. The van der Waals surface area contributed by atoms with Gasteiger partial charge in [-0.05, 0) is 29.9 Å². The summed E-state index contributed by atoms with van der Waals surface area (Å²) < 4.78 is 10.9. The van der Waals surface area contributed by atoms with E-state index in [4.69, 9.17) is 9.47 Å². The van der Waals surface area contributed by atoms with Crippen molar-refractivity contribution < 1.29 is 23.9 Å². The summed E-state index contributed by atoms with van der Waals surface area (Å²) in [6, 6.07) is 18.6.